The number of rotatable bonds is 4. The summed E-state index contributed by atoms with van der Waals surface area (Å²) >= 11 is 0. The van der Waals surface area contributed by atoms with Crippen LogP contribution in [0.5, 0.6) is 0 Å². The Morgan fingerprint density at radius 2 is 1.84 bits per heavy atom. The molecule has 0 atom stereocenters. The molecule has 0 bridgehead atoms. The lowest BCUT2D eigenvalue weighted by molar-refractivity contribution is -0.133. The summed E-state index contributed by atoms with van der Waals surface area (Å²) in [5, 5.41) is 2.75. The van der Waals surface area contributed by atoms with Crippen molar-refractivity contribution in [2.24, 2.45) is 0 Å². The predicted octanol–water partition coefficient (Wildman–Crippen LogP) is 0.820. The molecule has 2 aliphatic rings. The second kappa shape index (κ2) is 6.10. The van der Waals surface area contributed by atoms with E-state index in [9.17, 15) is 18.0 Å². The number of hydrogen-bond donors (Lipinski definition) is 1. The van der Waals surface area contributed by atoms with Crippen molar-refractivity contribution < 1.29 is 18.0 Å². The molecule has 3 rings (SSSR count). The van der Waals surface area contributed by atoms with E-state index >= 15 is 0 Å². The first-order valence-corrected chi connectivity index (χ1v) is 9.78. The summed E-state index contributed by atoms with van der Waals surface area (Å²) in [5.74, 6) is -0.475. The highest BCUT2D eigenvalue weighted by molar-refractivity contribution is 7.89. The van der Waals surface area contributed by atoms with Crippen LogP contribution in [0.2, 0.25) is 0 Å². The standard InChI is InChI=1S/C17H23N3O4S/c1-17(2)16(22)18-10-11-20(17)15(21)12-4-8-14(9-5-12)25(23,24)19(3)13-6-7-13/h4-5,8-9,13H,6-7,10-11H2,1-3H3,(H,18,22). The molecule has 2 amide bonds. The number of sulfonamides is 1. The highest BCUT2D eigenvalue weighted by atomic mass is 32.2. The van der Waals surface area contributed by atoms with Crippen molar-refractivity contribution in [2.45, 2.75) is 43.2 Å². The second-order valence-electron chi connectivity index (χ2n) is 7.05. The zero-order valence-corrected chi connectivity index (χ0v) is 15.5. The number of nitrogens with one attached hydrogen (secondary N) is 1. The number of carbonyl (C=O) groups is 2. The smallest absolute Gasteiger partial charge is 0.254 e. The van der Waals surface area contributed by atoms with Crippen LogP contribution in [0.3, 0.4) is 0 Å². The minimum absolute atomic E-state index is 0.0824. The van der Waals surface area contributed by atoms with Gasteiger partial charge < -0.3 is 10.2 Å². The van der Waals surface area contributed by atoms with Gasteiger partial charge in [-0.1, -0.05) is 0 Å². The Hall–Kier alpha value is -1.93. The molecule has 2 fully saturated rings. The van der Waals surface area contributed by atoms with Gasteiger partial charge in [-0.2, -0.15) is 4.31 Å². The van der Waals surface area contributed by atoms with Crippen LogP contribution in [0.1, 0.15) is 37.0 Å². The number of amides is 2. The van der Waals surface area contributed by atoms with Gasteiger partial charge in [-0.15, -0.1) is 0 Å². The topological polar surface area (TPSA) is 86.8 Å². The van der Waals surface area contributed by atoms with Crippen molar-refractivity contribution in [3.05, 3.63) is 29.8 Å². The molecule has 0 radical (unpaired) electrons. The van der Waals surface area contributed by atoms with E-state index in [1.807, 2.05) is 0 Å². The lowest BCUT2D eigenvalue weighted by Crippen LogP contribution is -2.63. The Labute approximate surface area is 148 Å². The van der Waals surface area contributed by atoms with Gasteiger partial charge >= 0.3 is 0 Å². The van der Waals surface area contributed by atoms with Crippen molar-refractivity contribution >= 4 is 21.8 Å². The lowest BCUT2D eigenvalue weighted by atomic mass is 9.97. The summed E-state index contributed by atoms with van der Waals surface area (Å²) in [6, 6.07) is 6.02. The van der Waals surface area contributed by atoms with Gasteiger partial charge in [0.2, 0.25) is 15.9 Å². The first-order valence-electron chi connectivity index (χ1n) is 8.34. The molecule has 0 spiro atoms. The average Bonchev–Trinajstić information content (AvgIpc) is 3.41. The Morgan fingerprint density at radius 1 is 1.24 bits per heavy atom. The third-order valence-corrected chi connectivity index (χ3v) is 6.86. The fraction of sp³-hybridized carbons (Fsp3) is 0.529. The number of carbonyl (C=O) groups excluding carboxylic acids is 2. The van der Waals surface area contributed by atoms with Gasteiger partial charge in [0.1, 0.15) is 5.54 Å². The van der Waals surface area contributed by atoms with Crippen LogP contribution in [-0.4, -0.2) is 61.2 Å². The maximum Gasteiger partial charge on any atom is 0.254 e. The van der Waals surface area contributed by atoms with E-state index in [2.05, 4.69) is 5.32 Å². The third kappa shape index (κ3) is 3.16. The van der Waals surface area contributed by atoms with E-state index in [1.165, 1.54) is 33.5 Å². The maximum absolute atomic E-state index is 12.8. The number of benzene rings is 1. The highest BCUT2D eigenvalue weighted by Gasteiger charge is 2.41. The molecular formula is C17H23N3O4S. The zero-order valence-electron chi connectivity index (χ0n) is 14.7. The molecule has 1 aromatic carbocycles. The van der Waals surface area contributed by atoms with E-state index in [-0.39, 0.29) is 22.8 Å². The Morgan fingerprint density at radius 3 is 2.40 bits per heavy atom. The van der Waals surface area contributed by atoms with E-state index in [0.717, 1.165) is 12.8 Å². The Balaban J connectivity index is 1.82. The minimum Gasteiger partial charge on any atom is -0.352 e. The van der Waals surface area contributed by atoms with Crippen molar-refractivity contribution in [3.8, 4) is 0 Å². The van der Waals surface area contributed by atoms with E-state index in [1.54, 1.807) is 20.9 Å². The number of nitrogens with zero attached hydrogens (tertiary/aromatic N) is 2. The van der Waals surface area contributed by atoms with E-state index < -0.39 is 15.6 Å². The fourth-order valence-electron chi connectivity index (χ4n) is 2.98. The van der Waals surface area contributed by atoms with Gasteiger partial charge in [-0.3, -0.25) is 9.59 Å². The van der Waals surface area contributed by atoms with Gasteiger partial charge in [-0.25, -0.2) is 8.42 Å². The molecule has 7 nitrogen and oxygen atoms in total. The van der Waals surface area contributed by atoms with Gasteiger partial charge in [0, 0.05) is 31.7 Å². The minimum atomic E-state index is -3.53. The molecule has 1 aromatic rings. The van der Waals surface area contributed by atoms with Crippen LogP contribution in [0.15, 0.2) is 29.2 Å². The van der Waals surface area contributed by atoms with E-state index in [0.29, 0.717) is 18.7 Å². The van der Waals surface area contributed by atoms with Crippen molar-refractivity contribution in [1.29, 1.82) is 0 Å². The molecule has 1 saturated heterocycles. The SMILES string of the molecule is CN(C1CC1)S(=O)(=O)c1ccc(C(=O)N2CCNC(=O)C2(C)C)cc1. The Kier molecular flexibility index (Phi) is 4.36. The number of piperazine rings is 1. The molecule has 0 aromatic heterocycles. The molecule has 1 aliphatic heterocycles. The summed E-state index contributed by atoms with van der Waals surface area (Å²) in [6.45, 7) is 4.22. The quantitative estimate of drug-likeness (QED) is 0.856. The molecule has 1 saturated carbocycles. The molecule has 8 heteroatoms. The average molecular weight is 365 g/mol. The molecule has 1 N–H and O–H groups in total. The van der Waals surface area contributed by atoms with Crippen molar-refractivity contribution in [3.63, 3.8) is 0 Å². The molecule has 136 valence electrons. The lowest BCUT2D eigenvalue weighted by Gasteiger charge is -2.41. The van der Waals surface area contributed by atoms with Crippen molar-refractivity contribution in [2.75, 3.05) is 20.1 Å². The summed E-state index contributed by atoms with van der Waals surface area (Å²) in [6.07, 6.45) is 1.77. The van der Waals surface area contributed by atoms with Gasteiger partial charge in [0.15, 0.2) is 0 Å². The van der Waals surface area contributed by atoms with E-state index in [4.69, 9.17) is 0 Å². The Bertz CT molecular complexity index is 798. The molecule has 0 unspecified atom stereocenters. The normalized spacial score (nSPS) is 20.5. The number of hydrogen-bond acceptors (Lipinski definition) is 4. The first kappa shape index (κ1) is 17.9. The largest absolute Gasteiger partial charge is 0.352 e. The van der Waals surface area contributed by atoms with Crippen molar-refractivity contribution in [1.82, 2.24) is 14.5 Å². The first-order chi connectivity index (χ1) is 11.7. The molecular weight excluding hydrogens is 342 g/mol. The highest BCUT2D eigenvalue weighted by Crippen LogP contribution is 2.30. The monoisotopic (exact) mass is 365 g/mol. The molecule has 1 heterocycles. The van der Waals surface area contributed by atoms with Crippen LogP contribution >= 0.6 is 0 Å². The van der Waals surface area contributed by atoms with Crippen LogP contribution in [0.4, 0.5) is 0 Å². The third-order valence-electron chi connectivity index (χ3n) is 4.94. The maximum atomic E-state index is 12.8. The zero-order chi connectivity index (χ0) is 18.4. The fourth-order valence-corrected chi connectivity index (χ4v) is 4.40. The molecule has 1 aliphatic carbocycles. The van der Waals surface area contributed by atoms with Crippen LogP contribution in [0.25, 0.3) is 0 Å². The second-order valence-corrected chi connectivity index (χ2v) is 9.05. The summed E-state index contributed by atoms with van der Waals surface area (Å²) in [7, 11) is -1.95. The van der Waals surface area contributed by atoms with Crippen LogP contribution in [0, 0.1) is 0 Å². The van der Waals surface area contributed by atoms with Crippen LogP contribution < -0.4 is 5.32 Å². The predicted molar refractivity (Wildman–Crippen MR) is 92.5 cm³/mol. The van der Waals surface area contributed by atoms with Gasteiger partial charge in [-0.05, 0) is 51.0 Å². The van der Waals surface area contributed by atoms with Gasteiger partial charge in [0.25, 0.3) is 5.91 Å². The van der Waals surface area contributed by atoms with Crippen LogP contribution in [-0.2, 0) is 14.8 Å². The molecule has 25 heavy (non-hydrogen) atoms. The summed E-state index contributed by atoms with van der Waals surface area (Å²) in [4.78, 5) is 26.5. The summed E-state index contributed by atoms with van der Waals surface area (Å²) < 4.78 is 26.4. The van der Waals surface area contributed by atoms with Gasteiger partial charge in [0.05, 0.1) is 4.90 Å². The summed E-state index contributed by atoms with van der Waals surface area (Å²) in [5.41, 5.74) is -0.567.